The first-order valence-electron chi connectivity index (χ1n) is 6.30. The number of aromatic carboxylic acids is 1. The summed E-state index contributed by atoms with van der Waals surface area (Å²) < 4.78 is 10.5. The summed E-state index contributed by atoms with van der Waals surface area (Å²) in [5.41, 5.74) is 0.251. The van der Waals surface area contributed by atoms with Crippen LogP contribution in [0.3, 0.4) is 0 Å². The Morgan fingerprint density at radius 3 is 2.41 bits per heavy atom. The molecule has 0 spiro atoms. The minimum atomic E-state index is -1.25. The van der Waals surface area contributed by atoms with E-state index in [1.54, 1.807) is 12.1 Å². The van der Waals surface area contributed by atoms with Gasteiger partial charge in [-0.2, -0.15) is 0 Å². The molecule has 0 saturated heterocycles. The van der Waals surface area contributed by atoms with Gasteiger partial charge in [-0.25, -0.2) is 4.79 Å². The highest BCUT2D eigenvalue weighted by Crippen LogP contribution is 2.40. The summed E-state index contributed by atoms with van der Waals surface area (Å²) in [4.78, 5) is 21.6. The number of carboxylic acids is 1. The summed E-state index contributed by atoms with van der Waals surface area (Å²) in [6, 6.07) is 11.2. The fourth-order valence-electron chi connectivity index (χ4n) is 1.93. The lowest BCUT2D eigenvalue weighted by atomic mass is 10.1. The van der Waals surface area contributed by atoms with Crippen molar-refractivity contribution in [3.8, 4) is 11.5 Å². The summed E-state index contributed by atoms with van der Waals surface area (Å²) in [6.07, 6.45) is 0. The summed E-state index contributed by atoms with van der Waals surface area (Å²) in [6.45, 7) is 0.0681. The van der Waals surface area contributed by atoms with Crippen molar-refractivity contribution in [1.29, 1.82) is 0 Å². The Hall–Kier alpha value is -3.09. The van der Waals surface area contributed by atoms with Gasteiger partial charge in [-0.1, -0.05) is 30.3 Å². The van der Waals surface area contributed by atoms with Gasteiger partial charge in [-0.15, -0.1) is 0 Å². The summed E-state index contributed by atoms with van der Waals surface area (Å²) in [5, 5.41) is 20.2. The fourth-order valence-corrected chi connectivity index (χ4v) is 1.93. The smallest absolute Gasteiger partial charge is 0.339 e. The van der Waals surface area contributed by atoms with Crippen LogP contribution >= 0.6 is 0 Å². The van der Waals surface area contributed by atoms with Crippen LogP contribution in [0, 0.1) is 10.1 Å². The molecule has 2 rings (SSSR count). The molecule has 2 aromatic rings. The van der Waals surface area contributed by atoms with Gasteiger partial charge in [-0.05, 0) is 11.6 Å². The van der Waals surface area contributed by atoms with Gasteiger partial charge in [0, 0.05) is 6.07 Å². The molecular weight excluding hydrogens is 290 g/mol. The maximum absolute atomic E-state index is 11.3. The maximum Gasteiger partial charge on any atom is 0.339 e. The van der Waals surface area contributed by atoms with E-state index < -0.39 is 10.9 Å². The third kappa shape index (κ3) is 3.14. The first-order valence-corrected chi connectivity index (χ1v) is 6.30. The zero-order chi connectivity index (χ0) is 16.1. The van der Waals surface area contributed by atoms with Crippen molar-refractivity contribution in [3.63, 3.8) is 0 Å². The normalized spacial score (nSPS) is 10.0. The SMILES string of the molecule is COc1c([N+](=O)[O-])ccc(C(=O)O)c1OCc1ccccc1. The molecule has 7 nitrogen and oxygen atoms in total. The van der Waals surface area contributed by atoms with Crippen molar-refractivity contribution in [2.45, 2.75) is 6.61 Å². The highest BCUT2D eigenvalue weighted by molar-refractivity contribution is 5.93. The average Bonchev–Trinajstić information content (AvgIpc) is 2.52. The number of nitro groups is 1. The zero-order valence-electron chi connectivity index (χ0n) is 11.7. The standard InChI is InChI=1S/C15H13NO6/c1-21-14-12(16(19)20)8-7-11(15(17)18)13(14)22-9-10-5-3-2-4-6-10/h2-8H,9H2,1H3,(H,17,18). The minimum Gasteiger partial charge on any atom is -0.488 e. The van der Waals surface area contributed by atoms with Crippen LogP contribution in [0.4, 0.5) is 5.69 Å². The van der Waals surface area contributed by atoms with Gasteiger partial charge < -0.3 is 14.6 Å². The second-order valence-electron chi connectivity index (χ2n) is 4.33. The molecule has 22 heavy (non-hydrogen) atoms. The topological polar surface area (TPSA) is 98.9 Å². The average molecular weight is 303 g/mol. The Kier molecular flexibility index (Phi) is 4.57. The predicted octanol–water partition coefficient (Wildman–Crippen LogP) is 2.88. The number of hydrogen-bond acceptors (Lipinski definition) is 5. The number of carboxylic acid groups (broad SMARTS) is 1. The Labute approximate surface area is 125 Å². The number of ether oxygens (including phenoxy) is 2. The first kappa shape index (κ1) is 15.3. The molecule has 0 saturated carbocycles. The molecule has 7 heteroatoms. The number of hydrogen-bond donors (Lipinski definition) is 1. The zero-order valence-corrected chi connectivity index (χ0v) is 11.7. The largest absolute Gasteiger partial charge is 0.488 e. The monoisotopic (exact) mass is 303 g/mol. The predicted molar refractivity (Wildman–Crippen MR) is 77.4 cm³/mol. The molecule has 0 bridgehead atoms. The molecule has 0 radical (unpaired) electrons. The summed E-state index contributed by atoms with van der Waals surface area (Å²) >= 11 is 0. The number of rotatable bonds is 6. The molecule has 0 aliphatic rings. The van der Waals surface area contributed by atoms with Gasteiger partial charge in [0.05, 0.1) is 12.0 Å². The molecule has 0 fully saturated rings. The second kappa shape index (κ2) is 6.57. The van der Waals surface area contributed by atoms with Gasteiger partial charge >= 0.3 is 11.7 Å². The molecular formula is C15H13NO6. The van der Waals surface area contributed by atoms with Crippen molar-refractivity contribution in [2.75, 3.05) is 7.11 Å². The van der Waals surface area contributed by atoms with E-state index >= 15 is 0 Å². The second-order valence-corrected chi connectivity index (χ2v) is 4.33. The minimum absolute atomic E-state index is 0.0681. The number of carbonyl (C=O) groups is 1. The highest BCUT2D eigenvalue weighted by Gasteiger charge is 2.26. The van der Waals surface area contributed by atoms with Crippen LogP contribution in [0.2, 0.25) is 0 Å². The lowest BCUT2D eigenvalue weighted by Gasteiger charge is -2.13. The van der Waals surface area contributed by atoms with Crippen molar-refractivity contribution in [3.05, 3.63) is 63.7 Å². The molecule has 0 atom stereocenters. The highest BCUT2D eigenvalue weighted by atomic mass is 16.6. The van der Waals surface area contributed by atoms with E-state index in [4.69, 9.17) is 9.47 Å². The molecule has 0 amide bonds. The van der Waals surface area contributed by atoms with Crippen molar-refractivity contribution in [2.24, 2.45) is 0 Å². The van der Waals surface area contributed by atoms with Gasteiger partial charge in [-0.3, -0.25) is 10.1 Å². The Morgan fingerprint density at radius 2 is 1.86 bits per heavy atom. The summed E-state index contributed by atoms with van der Waals surface area (Å²) in [7, 11) is 1.23. The van der Waals surface area contributed by atoms with E-state index in [0.29, 0.717) is 0 Å². The van der Waals surface area contributed by atoms with E-state index in [1.807, 2.05) is 18.2 Å². The lowest BCUT2D eigenvalue weighted by Crippen LogP contribution is -2.07. The molecule has 1 N–H and O–H groups in total. The Morgan fingerprint density at radius 1 is 1.18 bits per heavy atom. The van der Waals surface area contributed by atoms with Crippen LogP contribution in [-0.2, 0) is 6.61 Å². The number of nitrogens with zero attached hydrogens (tertiary/aromatic N) is 1. The maximum atomic E-state index is 11.3. The van der Waals surface area contributed by atoms with Crippen LogP contribution in [-0.4, -0.2) is 23.1 Å². The summed E-state index contributed by atoms with van der Waals surface area (Å²) in [5.74, 6) is -1.62. The molecule has 0 heterocycles. The van der Waals surface area contributed by atoms with Crippen molar-refractivity contribution >= 4 is 11.7 Å². The molecule has 0 aliphatic carbocycles. The molecule has 2 aromatic carbocycles. The number of benzene rings is 2. The van der Waals surface area contributed by atoms with E-state index in [1.165, 1.54) is 7.11 Å². The molecule has 0 aromatic heterocycles. The van der Waals surface area contributed by atoms with Crippen LogP contribution < -0.4 is 9.47 Å². The van der Waals surface area contributed by atoms with Gasteiger partial charge in [0.1, 0.15) is 12.2 Å². The van der Waals surface area contributed by atoms with Gasteiger partial charge in [0.25, 0.3) is 0 Å². The van der Waals surface area contributed by atoms with Crippen LogP contribution in [0.25, 0.3) is 0 Å². The number of nitro benzene ring substituents is 1. The Balaban J connectivity index is 2.43. The van der Waals surface area contributed by atoms with Crippen molar-refractivity contribution in [1.82, 2.24) is 0 Å². The quantitative estimate of drug-likeness (QED) is 0.650. The fraction of sp³-hybridized carbons (Fsp3) is 0.133. The van der Waals surface area contributed by atoms with Crippen LogP contribution in [0.5, 0.6) is 11.5 Å². The van der Waals surface area contributed by atoms with E-state index in [0.717, 1.165) is 17.7 Å². The molecule has 0 unspecified atom stereocenters. The Bertz CT molecular complexity index is 699. The third-order valence-corrected chi connectivity index (χ3v) is 2.95. The first-order chi connectivity index (χ1) is 10.5. The van der Waals surface area contributed by atoms with Gasteiger partial charge in [0.2, 0.25) is 5.75 Å². The lowest BCUT2D eigenvalue weighted by molar-refractivity contribution is -0.385. The van der Waals surface area contributed by atoms with Crippen LogP contribution in [0.15, 0.2) is 42.5 Å². The third-order valence-electron chi connectivity index (χ3n) is 2.95. The molecule has 0 aliphatic heterocycles. The van der Waals surface area contributed by atoms with Gasteiger partial charge in [0.15, 0.2) is 5.75 Å². The van der Waals surface area contributed by atoms with E-state index in [2.05, 4.69) is 0 Å². The number of methoxy groups -OCH3 is 1. The van der Waals surface area contributed by atoms with E-state index in [-0.39, 0.29) is 29.4 Å². The molecule has 114 valence electrons. The van der Waals surface area contributed by atoms with E-state index in [9.17, 15) is 20.0 Å². The van der Waals surface area contributed by atoms with Crippen molar-refractivity contribution < 1.29 is 24.3 Å². The van der Waals surface area contributed by atoms with Crippen LogP contribution in [0.1, 0.15) is 15.9 Å².